The van der Waals surface area contributed by atoms with E-state index in [4.69, 9.17) is 5.11 Å². The van der Waals surface area contributed by atoms with Gasteiger partial charge in [0.2, 0.25) is 5.91 Å². The second-order valence-electron chi connectivity index (χ2n) is 3.51. The smallest absolute Gasteiger partial charge is 0.321 e. The van der Waals surface area contributed by atoms with Gasteiger partial charge in [0.05, 0.1) is 0 Å². The van der Waals surface area contributed by atoms with E-state index in [2.05, 4.69) is 5.32 Å². The highest BCUT2D eigenvalue weighted by Crippen LogP contribution is 2.02. The summed E-state index contributed by atoms with van der Waals surface area (Å²) in [5.41, 5.74) is 0. The molecule has 0 aromatic carbocycles. The molecular weight excluding hydrogens is 222 g/mol. The zero-order valence-electron chi connectivity index (χ0n) is 8.85. The topological polar surface area (TPSA) is 101 Å². The summed E-state index contributed by atoms with van der Waals surface area (Å²) in [6.07, 6.45) is 0. The molecule has 0 spiro atoms. The van der Waals surface area contributed by atoms with Gasteiger partial charge in [-0.05, 0) is 20.8 Å². The van der Waals surface area contributed by atoms with Crippen LogP contribution in [0.4, 0.5) is 0 Å². The highest BCUT2D eigenvalue weighted by molar-refractivity contribution is 7.93. The van der Waals surface area contributed by atoms with Crippen molar-refractivity contribution in [3.8, 4) is 0 Å². The Hall–Kier alpha value is -1.11. The van der Waals surface area contributed by atoms with E-state index in [-0.39, 0.29) is 6.04 Å². The number of aliphatic carboxylic acids is 1. The fraction of sp³-hybridized carbons (Fsp3) is 0.750. The van der Waals surface area contributed by atoms with Gasteiger partial charge in [-0.2, -0.15) is 0 Å². The number of carbonyl (C=O) groups is 2. The van der Waals surface area contributed by atoms with E-state index in [0.717, 1.165) is 6.92 Å². The number of carboxylic acid groups (broad SMARTS) is 1. The second kappa shape index (κ2) is 5.11. The normalized spacial score (nSPS) is 13.6. The summed E-state index contributed by atoms with van der Waals surface area (Å²) in [5, 5.41) is 9.32. The predicted octanol–water partition coefficient (Wildman–Crippen LogP) is -0.601. The van der Waals surface area contributed by atoms with Gasteiger partial charge < -0.3 is 10.4 Å². The maximum absolute atomic E-state index is 11.3. The Morgan fingerprint density at radius 1 is 1.27 bits per heavy atom. The van der Waals surface area contributed by atoms with Crippen LogP contribution in [0.15, 0.2) is 0 Å². The van der Waals surface area contributed by atoms with Crippen LogP contribution in [0.3, 0.4) is 0 Å². The number of rotatable bonds is 5. The van der Waals surface area contributed by atoms with Crippen molar-refractivity contribution in [3.63, 3.8) is 0 Å². The predicted molar refractivity (Wildman–Crippen MR) is 54.2 cm³/mol. The number of sulfone groups is 1. The third kappa shape index (κ3) is 4.78. The van der Waals surface area contributed by atoms with E-state index in [1.165, 1.54) is 0 Å². The number of amides is 1. The van der Waals surface area contributed by atoms with E-state index < -0.39 is 32.7 Å². The van der Waals surface area contributed by atoms with E-state index in [0.29, 0.717) is 0 Å². The Kier molecular flexibility index (Phi) is 4.73. The van der Waals surface area contributed by atoms with Crippen LogP contribution in [0, 0.1) is 0 Å². The second-order valence-corrected chi connectivity index (χ2v) is 5.83. The van der Waals surface area contributed by atoms with Crippen molar-refractivity contribution in [2.75, 3.05) is 5.75 Å². The lowest BCUT2D eigenvalue weighted by Crippen LogP contribution is -2.39. The van der Waals surface area contributed by atoms with Gasteiger partial charge in [-0.15, -0.1) is 0 Å². The largest absolute Gasteiger partial charge is 0.480 e. The van der Waals surface area contributed by atoms with Crippen molar-refractivity contribution in [2.45, 2.75) is 32.1 Å². The standard InChI is InChI=1S/C8H15NO5S/c1-5(2)9-7(10)4-15(13,14)6(3)8(11)12/h5-6H,4H2,1-3H3,(H,9,10)(H,11,12). The maximum Gasteiger partial charge on any atom is 0.321 e. The van der Waals surface area contributed by atoms with Gasteiger partial charge in [0.1, 0.15) is 5.75 Å². The SMILES string of the molecule is CC(C)NC(=O)CS(=O)(=O)C(C)C(=O)O. The van der Waals surface area contributed by atoms with Crippen molar-refractivity contribution < 1.29 is 23.1 Å². The number of nitrogens with one attached hydrogen (secondary N) is 1. The van der Waals surface area contributed by atoms with E-state index in [9.17, 15) is 18.0 Å². The molecular formula is C8H15NO5S. The lowest BCUT2D eigenvalue weighted by Gasteiger charge is -2.10. The van der Waals surface area contributed by atoms with Crippen LogP contribution in [-0.4, -0.2) is 42.4 Å². The van der Waals surface area contributed by atoms with Crippen LogP contribution in [0.1, 0.15) is 20.8 Å². The first-order valence-corrected chi connectivity index (χ1v) is 6.12. The minimum Gasteiger partial charge on any atom is -0.480 e. The Bertz CT molecular complexity index is 346. The summed E-state index contributed by atoms with van der Waals surface area (Å²) in [5.74, 6) is -2.93. The lowest BCUT2D eigenvalue weighted by molar-refractivity contribution is -0.136. The molecule has 15 heavy (non-hydrogen) atoms. The maximum atomic E-state index is 11.3. The van der Waals surface area contributed by atoms with E-state index in [1.54, 1.807) is 13.8 Å². The van der Waals surface area contributed by atoms with Gasteiger partial charge in [-0.1, -0.05) is 0 Å². The molecule has 0 heterocycles. The van der Waals surface area contributed by atoms with Gasteiger partial charge in [0.15, 0.2) is 15.1 Å². The summed E-state index contributed by atoms with van der Waals surface area (Å²) in [7, 11) is -3.92. The number of carboxylic acids is 1. The van der Waals surface area contributed by atoms with Crippen LogP contribution < -0.4 is 5.32 Å². The number of hydrogen-bond acceptors (Lipinski definition) is 4. The molecule has 0 rings (SSSR count). The molecule has 0 radical (unpaired) electrons. The minimum atomic E-state index is -3.92. The van der Waals surface area contributed by atoms with Crippen molar-refractivity contribution in [1.29, 1.82) is 0 Å². The summed E-state index contributed by atoms with van der Waals surface area (Å²) in [6, 6.07) is -0.173. The monoisotopic (exact) mass is 237 g/mol. The fourth-order valence-electron chi connectivity index (χ4n) is 0.825. The highest BCUT2D eigenvalue weighted by Gasteiger charge is 2.29. The summed E-state index contributed by atoms with van der Waals surface area (Å²) >= 11 is 0. The quantitative estimate of drug-likeness (QED) is 0.665. The minimum absolute atomic E-state index is 0.173. The zero-order chi connectivity index (χ0) is 12.2. The average molecular weight is 237 g/mol. The Balaban J connectivity index is 4.52. The molecule has 6 nitrogen and oxygen atoms in total. The first kappa shape index (κ1) is 13.9. The molecule has 0 saturated carbocycles. The van der Waals surface area contributed by atoms with Crippen LogP contribution in [-0.2, 0) is 19.4 Å². The fourth-order valence-corrected chi connectivity index (χ4v) is 1.83. The van der Waals surface area contributed by atoms with Crippen molar-refractivity contribution in [1.82, 2.24) is 5.32 Å². The molecule has 0 aliphatic heterocycles. The van der Waals surface area contributed by atoms with E-state index >= 15 is 0 Å². The van der Waals surface area contributed by atoms with Gasteiger partial charge in [-0.3, -0.25) is 9.59 Å². The van der Waals surface area contributed by atoms with Crippen molar-refractivity contribution in [2.24, 2.45) is 0 Å². The molecule has 0 aromatic rings. The number of carbonyl (C=O) groups excluding carboxylic acids is 1. The van der Waals surface area contributed by atoms with Crippen LogP contribution in [0.2, 0.25) is 0 Å². The Morgan fingerprint density at radius 3 is 2.07 bits per heavy atom. The molecule has 2 N–H and O–H groups in total. The van der Waals surface area contributed by atoms with Gasteiger partial charge >= 0.3 is 5.97 Å². The summed E-state index contributed by atoms with van der Waals surface area (Å²) in [6.45, 7) is 4.41. The summed E-state index contributed by atoms with van der Waals surface area (Å²) in [4.78, 5) is 21.6. The highest BCUT2D eigenvalue weighted by atomic mass is 32.2. The van der Waals surface area contributed by atoms with Gasteiger partial charge in [-0.25, -0.2) is 8.42 Å². The molecule has 88 valence electrons. The van der Waals surface area contributed by atoms with Gasteiger partial charge in [0.25, 0.3) is 0 Å². The third-order valence-electron chi connectivity index (χ3n) is 1.67. The molecule has 1 amide bonds. The van der Waals surface area contributed by atoms with Crippen molar-refractivity contribution in [3.05, 3.63) is 0 Å². The molecule has 0 saturated heterocycles. The lowest BCUT2D eigenvalue weighted by atomic mass is 10.4. The molecule has 0 aromatic heterocycles. The molecule has 1 unspecified atom stereocenters. The summed E-state index contributed by atoms with van der Waals surface area (Å²) < 4.78 is 22.6. The van der Waals surface area contributed by atoms with Crippen molar-refractivity contribution >= 4 is 21.7 Å². The molecule has 0 fully saturated rings. The zero-order valence-corrected chi connectivity index (χ0v) is 9.67. The molecule has 1 atom stereocenters. The molecule has 0 aliphatic rings. The first-order valence-electron chi connectivity index (χ1n) is 4.40. The third-order valence-corrected chi connectivity index (χ3v) is 3.61. The van der Waals surface area contributed by atoms with Gasteiger partial charge in [0, 0.05) is 6.04 Å². The van der Waals surface area contributed by atoms with Crippen LogP contribution in [0.25, 0.3) is 0 Å². The van der Waals surface area contributed by atoms with Crippen LogP contribution in [0.5, 0.6) is 0 Å². The Morgan fingerprint density at radius 2 is 1.73 bits per heavy atom. The Labute approximate surface area is 88.6 Å². The number of hydrogen-bond donors (Lipinski definition) is 2. The molecule has 7 heteroatoms. The van der Waals surface area contributed by atoms with E-state index in [1.807, 2.05) is 0 Å². The van der Waals surface area contributed by atoms with Crippen LogP contribution >= 0.6 is 0 Å². The average Bonchev–Trinajstić information content (AvgIpc) is 1.99. The molecule has 0 aliphatic carbocycles. The first-order chi connectivity index (χ1) is 6.66. The molecule has 0 bridgehead atoms.